The Kier molecular flexibility index (Phi) is 3.55. The lowest BCUT2D eigenvalue weighted by Crippen LogP contribution is -2.22. The average molecular weight is 266 g/mol. The molecule has 2 aromatic rings. The lowest BCUT2D eigenvalue weighted by molar-refractivity contribution is -0.142. The fourth-order valence-corrected chi connectivity index (χ4v) is 3.49. The first-order valence-corrected chi connectivity index (χ1v) is 7.10. The zero-order chi connectivity index (χ0) is 13.9. The summed E-state index contributed by atoms with van der Waals surface area (Å²) in [5.74, 6) is -0.747. The second kappa shape index (κ2) is 5.49. The van der Waals surface area contributed by atoms with E-state index in [2.05, 4.69) is 0 Å². The first kappa shape index (κ1) is 12.9. The maximum absolute atomic E-state index is 11.8. The Labute approximate surface area is 119 Å². The van der Waals surface area contributed by atoms with Gasteiger partial charge in [0.25, 0.3) is 0 Å². The molecule has 0 amide bonds. The van der Waals surface area contributed by atoms with Gasteiger partial charge in [-0.1, -0.05) is 60.7 Å². The third kappa shape index (κ3) is 2.34. The quantitative estimate of drug-likeness (QED) is 0.910. The van der Waals surface area contributed by atoms with E-state index in [1.165, 1.54) is 0 Å². The Morgan fingerprint density at radius 2 is 1.20 bits per heavy atom. The van der Waals surface area contributed by atoms with Crippen molar-refractivity contribution in [3.63, 3.8) is 0 Å². The molecule has 0 spiro atoms. The lowest BCUT2D eigenvalue weighted by atomic mass is 9.82. The summed E-state index contributed by atoms with van der Waals surface area (Å²) < 4.78 is 0. The van der Waals surface area contributed by atoms with Crippen molar-refractivity contribution in [2.24, 2.45) is 5.92 Å². The topological polar surface area (TPSA) is 37.3 Å². The molecule has 1 fully saturated rings. The molecule has 0 aliphatic heterocycles. The van der Waals surface area contributed by atoms with Crippen LogP contribution in [0.4, 0.5) is 0 Å². The molecule has 1 aliphatic rings. The van der Waals surface area contributed by atoms with E-state index < -0.39 is 5.97 Å². The molecular formula is C18H18O2. The van der Waals surface area contributed by atoms with Crippen LogP contribution in [0.15, 0.2) is 60.7 Å². The summed E-state index contributed by atoms with van der Waals surface area (Å²) in [5.41, 5.74) is 2.30. The number of aliphatic carboxylic acids is 1. The number of carboxylic acids is 1. The highest BCUT2D eigenvalue weighted by molar-refractivity contribution is 5.73. The molecule has 0 saturated heterocycles. The van der Waals surface area contributed by atoms with Crippen LogP contribution in [0.5, 0.6) is 0 Å². The third-order valence-corrected chi connectivity index (χ3v) is 4.40. The summed E-state index contributed by atoms with van der Waals surface area (Å²) in [6, 6.07) is 20.1. The maximum Gasteiger partial charge on any atom is 0.307 e. The van der Waals surface area contributed by atoms with Crippen molar-refractivity contribution in [1.29, 1.82) is 0 Å². The molecule has 1 aliphatic carbocycles. The van der Waals surface area contributed by atoms with E-state index in [0.29, 0.717) is 0 Å². The zero-order valence-electron chi connectivity index (χ0n) is 11.3. The molecule has 1 saturated carbocycles. The van der Waals surface area contributed by atoms with Crippen molar-refractivity contribution in [3.05, 3.63) is 71.8 Å². The second-order valence-corrected chi connectivity index (χ2v) is 5.48. The molecule has 0 aromatic heterocycles. The normalized spacial score (nSPS) is 22.8. The maximum atomic E-state index is 11.8. The van der Waals surface area contributed by atoms with Crippen LogP contribution < -0.4 is 0 Å². The number of hydrogen-bond acceptors (Lipinski definition) is 1. The first-order valence-electron chi connectivity index (χ1n) is 7.10. The molecule has 0 bridgehead atoms. The van der Waals surface area contributed by atoms with Gasteiger partial charge in [-0.3, -0.25) is 4.79 Å². The van der Waals surface area contributed by atoms with Crippen LogP contribution in [0.3, 0.4) is 0 Å². The van der Waals surface area contributed by atoms with Gasteiger partial charge in [0.2, 0.25) is 0 Å². The van der Waals surface area contributed by atoms with E-state index in [4.69, 9.17) is 0 Å². The Hall–Kier alpha value is -2.09. The number of carbonyl (C=O) groups is 1. The largest absolute Gasteiger partial charge is 0.481 e. The minimum absolute atomic E-state index is 0.124. The zero-order valence-corrected chi connectivity index (χ0v) is 11.3. The third-order valence-electron chi connectivity index (χ3n) is 4.40. The molecule has 1 N–H and O–H groups in total. The molecule has 0 radical (unpaired) electrons. The van der Waals surface area contributed by atoms with Gasteiger partial charge >= 0.3 is 5.97 Å². The molecule has 0 heterocycles. The number of benzene rings is 2. The summed E-state index contributed by atoms with van der Waals surface area (Å²) >= 11 is 0. The number of rotatable bonds is 3. The van der Waals surface area contributed by atoms with Gasteiger partial charge in [-0.2, -0.15) is 0 Å². The lowest BCUT2D eigenvalue weighted by Gasteiger charge is -2.21. The summed E-state index contributed by atoms with van der Waals surface area (Å²) in [6.45, 7) is 0. The fraction of sp³-hybridized carbons (Fsp3) is 0.278. The molecule has 2 atom stereocenters. The van der Waals surface area contributed by atoms with Crippen molar-refractivity contribution in [1.82, 2.24) is 0 Å². The van der Waals surface area contributed by atoms with Crippen LogP contribution in [0.2, 0.25) is 0 Å². The Morgan fingerprint density at radius 1 is 0.800 bits per heavy atom. The van der Waals surface area contributed by atoms with Crippen molar-refractivity contribution in [2.45, 2.75) is 24.7 Å². The van der Waals surface area contributed by atoms with Gasteiger partial charge in [-0.05, 0) is 35.8 Å². The fourth-order valence-electron chi connectivity index (χ4n) is 3.49. The van der Waals surface area contributed by atoms with Gasteiger partial charge in [0.15, 0.2) is 0 Å². The monoisotopic (exact) mass is 266 g/mol. The standard InChI is InChI=1S/C18H18O2/c19-18(20)17-15(13-7-3-1-4-8-13)11-12-16(17)14-9-5-2-6-10-14/h1-10,15-17H,11-12H2,(H,19,20)/t15-,16-/m1/s1. The minimum Gasteiger partial charge on any atom is -0.481 e. The van der Waals surface area contributed by atoms with Gasteiger partial charge < -0.3 is 5.11 Å². The van der Waals surface area contributed by atoms with Crippen LogP contribution in [0.1, 0.15) is 35.8 Å². The van der Waals surface area contributed by atoms with Gasteiger partial charge in [-0.15, -0.1) is 0 Å². The van der Waals surface area contributed by atoms with E-state index in [1.54, 1.807) is 0 Å². The summed E-state index contributed by atoms with van der Waals surface area (Å²) in [5, 5.41) is 9.68. The van der Waals surface area contributed by atoms with E-state index in [0.717, 1.165) is 24.0 Å². The van der Waals surface area contributed by atoms with Crippen LogP contribution in [-0.2, 0) is 4.79 Å². The minimum atomic E-state index is -0.676. The highest BCUT2D eigenvalue weighted by Gasteiger charge is 2.42. The Morgan fingerprint density at radius 3 is 1.55 bits per heavy atom. The van der Waals surface area contributed by atoms with Gasteiger partial charge in [0.1, 0.15) is 0 Å². The summed E-state index contributed by atoms with van der Waals surface area (Å²) in [4.78, 5) is 11.8. The Bertz CT molecular complexity index is 529. The van der Waals surface area contributed by atoms with Crippen LogP contribution >= 0.6 is 0 Å². The first-order chi connectivity index (χ1) is 9.77. The Balaban J connectivity index is 1.94. The van der Waals surface area contributed by atoms with Crippen molar-refractivity contribution in [3.8, 4) is 0 Å². The van der Waals surface area contributed by atoms with E-state index in [1.807, 2.05) is 60.7 Å². The molecule has 2 aromatic carbocycles. The molecule has 0 unspecified atom stereocenters. The number of hydrogen-bond donors (Lipinski definition) is 1. The van der Waals surface area contributed by atoms with Crippen LogP contribution in [-0.4, -0.2) is 11.1 Å². The highest BCUT2D eigenvalue weighted by Crippen LogP contribution is 2.48. The molecule has 20 heavy (non-hydrogen) atoms. The molecule has 2 heteroatoms. The molecule has 3 rings (SSSR count). The molecule has 2 nitrogen and oxygen atoms in total. The average Bonchev–Trinajstić information content (AvgIpc) is 2.94. The van der Waals surface area contributed by atoms with Crippen molar-refractivity contribution >= 4 is 5.97 Å². The van der Waals surface area contributed by atoms with Crippen molar-refractivity contribution < 1.29 is 9.90 Å². The van der Waals surface area contributed by atoms with Gasteiger partial charge in [0.05, 0.1) is 5.92 Å². The molecular weight excluding hydrogens is 248 g/mol. The van der Waals surface area contributed by atoms with Gasteiger partial charge in [-0.25, -0.2) is 0 Å². The summed E-state index contributed by atoms with van der Waals surface area (Å²) in [7, 11) is 0. The highest BCUT2D eigenvalue weighted by atomic mass is 16.4. The van der Waals surface area contributed by atoms with E-state index >= 15 is 0 Å². The SMILES string of the molecule is O=C(O)C1[C@@H](c2ccccc2)CC[C@@H]1c1ccccc1. The second-order valence-electron chi connectivity index (χ2n) is 5.48. The van der Waals surface area contributed by atoms with Crippen molar-refractivity contribution in [2.75, 3.05) is 0 Å². The smallest absolute Gasteiger partial charge is 0.307 e. The van der Waals surface area contributed by atoms with E-state index in [9.17, 15) is 9.90 Å². The summed E-state index contributed by atoms with van der Waals surface area (Å²) in [6.07, 6.45) is 1.89. The predicted molar refractivity (Wildman–Crippen MR) is 78.7 cm³/mol. The van der Waals surface area contributed by atoms with E-state index in [-0.39, 0.29) is 17.8 Å². The molecule has 102 valence electrons. The van der Waals surface area contributed by atoms with Gasteiger partial charge in [0, 0.05) is 0 Å². The predicted octanol–water partition coefficient (Wildman–Crippen LogP) is 4.05. The number of carboxylic acid groups (broad SMARTS) is 1. The van der Waals surface area contributed by atoms with Crippen LogP contribution in [0, 0.1) is 5.92 Å². The van der Waals surface area contributed by atoms with Crippen LogP contribution in [0.25, 0.3) is 0 Å².